The van der Waals surface area contributed by atoms with Crippen LogP contribution in [0.5, 0.6) is 5.75 Å². The highest BCUT2D eigenvalue weighted by Crippen LogP contribution is 2.30. The number of rotatable bonds is 4. The van der Waals surface area contributed by atoms with Gasteiger partial charge in [0.2, 0.25) is 0 Å². The van der Waals surface area contributed by atoms with E-state index in [0.717, 1.165) is 17.7 Å². The molecule has 0 heterocycles. The van der Waals surface area contributed by atoms with Gasteiger partial charge < -0.3 is 15.9 Å². The van der Waals surface area contributed by atoms with E-state index in [1.165, 1.54) is 0 Å². The minimum absolute atomic E-state index is 0.0744. The Morgan fingerprint density at radius 2 is 2.18 bits per heavy atom. The fourth-order valence-corrected chi connectivity index (χ4v) is 1.55. The summed E-state index contributed by atoms with van der Waals surface area (Å²) in [6, 6.07) is 1.12. The lowest BCUT2D eigenvalue weighted by Gasteiger charge is -2.15. The quantitative estimate of drug-likeness (QED) is 0.703. The van der Waals surface area contributed by atoms with Gasteiger partial charge in [-0.25, -0.2) is 9.18 Å². The zero-order chi connectivity index (χ0) is 13.2. The van der Waals surface area contributed by atoms with E-state index in [4.69, 9.17) is 10.8 Å². The first kappa shape index (κ1) is 13.2. The number of carbonyl (C=O) groups is 1. The Morgan fingerprint density at radius 3 is 2.65 bits per heavy atom. The van der Waals surface area contributed by atoms with Crippen LogP contribution < -0.4 is 5.73 Å². The van der Waals surface area contributed by atoms with Crippen LogP contribution in [0.1, 0.15) is 35.3 Å². The highest BCUT2D eigenvalue weighted by atomic mass is 19.1. The molecular formula is C12H14FNO3. The topological polar surface area (TPSA) is 83.6 Å². The summed E-state index contributed by atoms with van der Waals surface area (Å²) in [5.41, 5.74) is 6.10. The highest BCUT2D eigenvalue weighted by molar-refractivity contribution is 5.91. The molecule has 0 saturated heterocycles. The minimum atomic E-state index is -1.40. The summed E-state index contributed by atoms with van der Waals surface area (Å²) in [5.74, 6) is -2.63. The molecule has 0 amide bonds. The molecule has 5 heteroatoms. The summed E-state index contributed by atoms with van der Waals surface area (Å²) in [6.45, 7) is 5.40. The van der Waals surface area contributed by atoms with Crippen LogP contribution in [0.15, 0.2) is 24.3 Å². The van der Waals surface area contributed by atoms with Gasteiger partial charge in [-0.2, -0.15) is 0 Å². The molecule has 0 spiro atoms. The second-order valence-electron chi connectivity index (χ2n) is 3.96. The summed E-state index contributed by atoms with van der Waals surface area (Å²) >= 11 is 0. The third kappa shape index (κ3) is 3.04. The predicted molar refractivity (Wildman–Crippen MR) is 61.4 cm³/mol. The number of aromatic carboxylic acids is 1. The molecule has 92 valence electrons. The SMILES string of the molecule is C=C(C)C[C@H](N)c1cc(F)cc(C(=O)O)c1O. The van der Waals surface area contributed by atoms with E-state index >= 15 is 0 Å². The molecule has 0 saturated carbocycles. The molecular weight excluding hydrogens is 225 g/mol. The summed E-state index contributed by atoms with van der Waals surface area (Å²) in [4.78, 5) is 10.8. The number of carboxylic acid groups (broad SMARTS) is 1. The van der Waals surface area contributed by atoms with Crippen LogP contribution >= 0.6 is 0 Å². The largest absolute Gasteiger partial charge is 0.507 e. The first-order valence-corrected chi connectivity index (χ1v) is 4.98. The molecule has 0 aromatic heterocycles. The maximum atomic E-state index is 13.2. The van der Waals surface area contributed by atoms with E-state index < -0.39 is 29.1 Å². The van der Waals surface area contributed by atoms with Crippen molar-refractivity contribution in [3.8, 4) is 5.75 Å². The molecule has 0 aliphatic heterocycles. The van der Waals surface area contributed by atoms with Crippen LogP contribution in [0.3, 0.4) is 0 Å². The van der Waals surface area contributed by atoms with Crippen molar-refractivity contribution in [2.75, 3.05) is 0 Å². The third-order valence-electron chi connectivity index (χ3n) is 2.30. The Morgan fingerprint density at radius 1 is 1.59 bits per heavy atom. The maximum absolute atomic E-state index is 13.2. The first-order valence-electron chi connectivity index (χ1n) is 4.98. The summed E-state index contributed by atoms with van der Waals surface area (Å²) in [6.07, 6.45) is 0.343. The summed E-state index contributed by atoms with van der Waals surface area (Å²) < 4.78 is 13.2. The van der Waals surface area contributed by atoms with E-state index in [1.54, 1.807) is 6.92 Å². The van der Waals surface area contributed by atoms with E-state index in [1.807, 2.05) is 0 Å². The molecule has 1 atom stereocenters. The molecule has 0 aliphatic carbocycles. The van der Waals surface area contributed by atoms with E-state index in [9.17, 15) is 14.3 Å². The number of hydrogen-bond acceptors (Lipinski definition) is 3. The number of benzene rings is 1. The first-order chi connectivity index (χ1) is 7.82. The van der Waals surface area contributed by atoms with Crippen molar-refractivity contribution in [1.82, 2.24) is 0 Å². The van der Waals surface area contributed by atoms with Gasteiger partial charge in [0.1, 0.15) is 17.1 Å². The molecule has 1 rings (SSSR count). The van der Waals surface area contributed by atoms with E-state index in [0.29, 0.717) is 6.42 Å². The molecule has 1 aromatic carbocycles. The fraction of sp³-hybridized carbons (Fsp3) is 0.250. The maximum Gasteiger partial charge on any atom is 0.339 e. The standard InChI is InChI=1S/C12H14FNO3/c1-6(2)3-10(14)8-4-7(13)5-9(11(8)15)12(16)17/h4-5,10,15H,1,3,14H2,2H3,(H,16,17)/t10-/m0/s1. The molecule has 1 aromatic rings. The number of phenols is 1. The Hall–Kier alpha value is -1.88. The molecule has 0 radical (unpaired) electrons. The molecule has 0 bridgehead atoms. The van der Waals surface area contributed by atoms with Crippen molar-refractivity contribution in [3.05, 3.63) is 41.2 Å². The molecule has 4 N–H and O–H groups in total. The van der Waals surface area contributed by atoms with Crippen molar-refractivity contribution in [3.63, 3.8) is 0 Å². The second-order valence-corrected chi connectivity index (χ2v) is 3.96. The molecule has 0 fully saturated rings. The highest BCUT2D eigenvalue weighted by Gasteiger charge is 2.19. The average Bonchev–Trinajstić information content (AvgIpc) is 2.19. The van der Waals surface area contributed by atoms with Gasteiger partial charge in [-0.3, -0.25) is 0 Å². The van der Waals surface area contributed by atoms with Gasteiger partial charge in [-0.1, -0.05) is 5.57 Å². The van der Waals surface area contributed by atoms with Crippen LogP contribution in [0.4, 0.5) is 4.39 Å². The molecule has 0 aliphatic rings. The van der Waals surface area contributed by atoms with Gasteiger partial charge in [0.05, 0.1) is 0 Å². The normalized spacial score (nSPS) is 12.2. The minimum Gasteiger partial charge on any atom is -0.507 e. The van der Waals surface area contributed by atoms with E-state index in [2.05, 4.69) is 6.58 Å². The second kappa shape index (κ2) is 4.97. The molecule has 0 unspecified atom stereocenters. The van der Waals surface area contributed by atoms with Crippen molar-refractivity contribution in [1.29, 1.82) is 0 Å². The molecule has 4 nitrogen and oxygen atoms in total. The zero-order valence-electron chi connectivity index (χ0n) is 9.40. The lowest BCUT2D eigenvalue weighted by Crippen LogP contribution is -2.13. The van der Waals surface area contributed by atoms with Gasteiger partial charge in [-0.05, 0) is 25.5 Å². The summed E-state index contributed by atoms with van der Waals surface area (Å²) in [5, 5.41) is 18.5. The van der Waals surface area contributed by atoms with Crippen LogP contribution in [0, 0.1) is 5.82 Å². The number of carboxylic acids is 1. The van der Waals surface area contributed by atoms with Gasteiger partial charge in [0.25, 0.3) is 0 Å². The number of aromatic hydroxyl groups is 1. The lowest BCUT2D eigenvalue weighted by molar-refractivity contribution is 0.0693. The van der Waals surface area contributed by atoms with Crippen molar-refractivity contribution in [2.24, 2.45) is 5.73 Å². The van der Waals surface area contributed by atoms with Crippen LogP contribution in [0.2, 0.25) is 0 Å². The fourth-order valence-electron chi connectivity index (χ4n) is 1.55. The number of hydrogen-bond donors (Lipinski definition) is 3. The zero-order valence-corrected chi connectivity index (χ0v) is 9.40. The Labute approximate surface area is 98.2 Å². The predicted octanol–water partition coefficient (Wildman–Crippen LogP) is 2.20. The van der Waals surface area contributed by atoms with Crippen molar-refractivity contribution < 1.29 is 19.4 Å². The van der Waals surface area contributed by atoms with E-state index in [-0.39, 0.29) is 5.56 Å². The van der Waals surface area contributed by atoms with Crippen molar-refractivity contribution in [2.45, 2.75) is 19.4 Å². The molecule has 17 heavy (non-hydrogen) atoms. The van der Waals surface area contributed by atoms with Gasteiger partial charge in [-0.15, -0.1) is 6.58 Å². The smallest absolute Gasteiger partial charge is 0.339 e. The Balaban J connectivity index is 3.24. The van der Waals surface area contributed by atoms with Crippen LogP contribution in [-0.4, -0.2) is 16.2 Å². The Kier molecular flexibility index (Phi) is 3.85. The average molecular weight is 239 g/mol. The monoisotopic (exact) mass is 239 g/mol. The van der Waals surface area contributed by atoms with Crippen LogP contribution in [0.25, 0.3) is 0 Å². The van der Waals surface area contributed by atoms with Crippen molar-refractivity contribution >= 4 is 5.97 Å². The number of halogens is 1. The summed E-state index contributed by atoms with van der Waals surface area (Å²) in [7, 11) is 0. The number of nitrogens with two attached hydrogens (primary N) is 1. The Bertz CT molecular complexity index is 471. The van der Waals surface area contributed by atoms with Gasteiger partial charge in [0.15, 0.2) is 0 Å². The lowest BCUT2D eigenvalue weighted by atomic mass is 9.97. The van der Waals surface area contributed by atoms with Crippen LogP contribution in [-0.2, 0) is 0 Å². The third-order valence-corrected chi connectivity index (χ3v) is 2.30. The van der Waals surface area contributed by atoms with Gasteiger partial charge in [0, 0.05) is 11.6 Å². The van der Waals surface area contributed by atoms with Gasteiger partial charge >= 0.3 is 5.97 Å².